The van der Waals surface area contributed by atoms with E-state index in [9.17, 15) is 9.59 Å². The highest BCUT2D eigenvalue weighted by Crippen LogP contribution is 2.27. The molecule has 0 saturated carbocycles. The van der Waals surface area contributed by atoms with E-state index in [4.69, 9.17) is 9.47 Å². The summed E-state index contributed by atoms with van der Waals surface area (Å²) in [6.45, 7) is 5.06. The van der Waals surface area contributed by atoms with E-state index in [1.165, 1.54) is 12.1 Å². The second-order valence-corrected chi connectivity index (χ2v) is 5.32. The van der Waals surface area contributed by atoms with Gasteiger partial charge in [0.2, 0.25) is 0 Å². The molecular weight excluding hydrogens is 284 g/mol. The van der Waals surface area contributed by atoms with Gasteiger partial charge in [0, 0.05) is 19.0 Å². The fourth-order valence-electron chi connectivity index (χ4n) is 2.74. The van der Waals surface area contributed by atoms with Gasteiger partial charge in [-0.2, -0.15) is 0 Å². The highest BCUT2D eigenvalue weighted by Gasteiger charge is 2.46. The van der Waals surface area contributed by atoms with Crippen molar-refractivity contribution in [3.8, 4) is 0 Å². The van der Waals surface area contributed by atoms with Gasteiger partial charge in [-0.3, -0.25) is 0 Å². The Kier molecular flexibility index (Phi) is 5.38. The third kappa shape index (κ3) is 3.39. The minimum atomic E-state index is -0.646. The van der Waals surface area contributed by atoms with E-state index in [1.54, 1.807) is 6.92 Å². The lowest BCUT2D eigenvalue weighted by atomic mass is 10.0. The number of methoxy groups -OCH3 is 1. The SMILES string of the molecule is CCOC(=O)N1[C@@H](C(=O)OC)[C@H](C)CN1Cc1ccccc1. The summed E-state index contributed by atoms with van der Waals surface area (Å²) in [5.41, 5.74) is 1.06. The van der Waals surface area contributed by atoms with Crippen LogP contribution >= 0.6 is 0 Å². The highest BCUT2D eigenvalue weighted by molar-refractivity contribution is 5.82. The average molecular weight is 306 g/mol. The van der Waals surface area contributed by atoms with Gasteiger partial charge < -0.3 is 9.47 Å². The molecule has 0 radical (unpaired) electrons. The van der Waals surface area contributed by atoms with Crippen LogP contribution in [0.4, 0.5) is 4.79 Å². The first-order valence-corrected chi connectivity index (χ1v) is 7.41. The molecule has 1 aromatic rings. The second-order valence-electron chi connectivity index (χ2n) is 5.32. The molecule has 1 amide bonds. The Morgan fingerprint density at radius 1 is 1.27 bits per heavy atom. The Bertz CT molecular complexity index is 520. The molecule has 1 fully saturated rings. The molecule has 6 heteroatoms. The van der Waals surface area contributed by atoms with Crippen LogP contribution in [0.1, 0.15) is 19.4 Å². The maximum atomic E-state index is 12.3. The second kappa shape index (κ2) is 7.26. The standard InChI is InChI=1S/C16H22N2O4/c1-4-22-16(20)18-14(15(19)21-3)12(2)10-17(18)11-13-8-6-5-7-9-13/h5-9,12,14H,4,10-11H2,1-3H3/t12-,14-/m1/s1. The van der Waals surface area contributed by atoms with Crippen LogP contribution < -0.4 is 0 Å². The van der Waals surface area contributed by atoms with Crippen molar-refractivity contribution in [2.24, 2.45) is 5.92 Å². The summed E-state index contributed by atoms with van der Waals surface area (Å²) in [5.74, 6) is -0.448. The molecule has 1 aliphatic heterocycles. The van der Waals surface area contributed by atoms with Crippen molar-refractivity contribution in [3.05, 3.63) is 35.9 Å². The van der Waals surface area contributed by atoms with Gasteiger partial charge in [0.05, 0.1) is 13.7 Å². The molecule has 6 nitrogen and oxygen atoms in total. The number of ether oxygens (including phenoxy) is 2. The van der Waals surface area contributed by atoms with Crippen molar-refractivity contribution < 1.29 is 19.1 Å². The van der Waals surface area contributed by atoms with E-state index in [-0.39, 0.29) is 12.5 Å². The van der Waals surface area contributed by atoms with E-state index in [2.05, 4.69) is 0 Å². The number of hydrogen-bond donors (Lipinski definition) is 0. The average Bonchev–Trinajstić information content (AvgIpc) is 2.84. The highest BCUT2D eigenvalue weighted by atomic mass is 16.6. The molecule has 2 atom stereocenters. The normalized spacial score (nSPS) is 21.7. The number of hydrogen-bond acceptors (Lipinski definition) is 5. The van der Waals surface area contributed by atoms with E-state index >= 15 is 0 Å². The van der Waals surface area contributed by atoms with Crippen LogP contribution in [-0.2, 0) is 20.8 Å². The zero-order chi connectivity index (χ0) is 16.1. The van der Waals surface area contributed by atoms with E-state index in [1.807, 2.05) is 42.3 Å². The number of hydrazine groups is 1. The largest absolute Gasteiger partial charge is 0.467 e. The first-order chi connectivity index (χ1) is 10.6. The van der Waals surface area contributed by atoms with Gasteiger partial charge in [0.15, 0.2) is 6.04 Å². The molecule has 0 aliphatic carbocycles. The Balaban J connectivity index is 2.23. The predicted molar refractivity (Wildman–Crippen MR) is 80.7 cm³/mol. The third-order valence-corrected chi connectivity index (χ3v) is 3.71. The predicted octanol–water partition coefficient (Wildman–Crippen LogP) is 2.05. The van der Waals surface area contributed by atoms with Crippen LogP contribution in [0, 0.1) is 5.92 Å². The van der Waals surface area contributed by atoms with Crippen LogP contribution in [0.5, 0.6) is 0 Å². The van der Waals surface area contributed by atoms with Gasteiger partial charge in [-0.05, 0) is 12.5 Å². The fourth-order valence-corrected chi connectivity index (χ4v) is 2.74. The summed E-state index contributed by atoms with van der Waals surface area (Å²) >= 11 is 0. The first kappa shape index (κ1) is 16.3. The number of amides is 1. The molecule has 1 aliphatic rings. The van der Waals surface area contributed by atoms with E-state index in [0.29, 0.717) is 13.1 Å². The maximum absolute atomic E-state index is 12.3. The lowest BCUT2D eigenvalue weighted by molar-refractivity contribution is -0.150. The van der Waals surface area contributed by atoms with Crippen LogP contribution in [0.3, 0.4) is 0 Å². The number of carbonyl (C=O) groups excluding carboxylic acids is 2. The van der Waals surface area contributed by atoms with Crippen molar-refractivity contribution in [2.75, 3.05) is 20.3 Å². The van der Waals surface area contributed by atoms with Gasteiger partial charge in [-0.1, -0.05) is 37.3 Å². The Morgan fingerprint density at radius 2 is 1.95 bits per heavy atom. The van der Waals surface area contributed by atoms with Crippen molar-refractivity contribution in [2.45, 2.75) is 26.4 Å². The molecule has 22 heavy (non-hydrogen) atoms. The van der Waals surface area contributed by atoms with Gasteiger partial charge >= 0.3 is 12.1 Å². The third-order valence-electron chi connectivity index (χ3n) is 3.71. The Morgan fingerprint density at radius 3 is 2.55 bits per heavy atom. The van der Waals surface area contributed by atoms with Crippen LogP contribution in [0.25, 0.3) is 0 Å². The zero-order valence-electron chi connectivity index (χ0n) is 13.2. The monoisotopic (exact) mass is 306 g/mol. The van der Waals surface area contributed by atoms with Gasteiger partial charge in [0.1, 0.15) is 0 Å². The van der Waals surface area contributed by atoms with Crippen molar-refractivity contribution in [1.29, 1.82) is 0 Å². The molecule has 120 valence electrons. The first-order valence-electron chi connectivity index (χ1n) is 7.41. The van der Waals surface area contributed by atoms with Gasteiger partial charge in [0.25, 0.3) is 0 Å². The summed E-state index contributed by atoms with van der Waals surface area (Å²) in [7, 11) is 1.33. The number of nitrogens with zero attached hydrogens (tertiary/aromatic N) is 2. The Hall–Kier alpha value is -2.08. The topological polar surface area (TPSA) is 59.1 Å². The molecule has 1 saturated heterocycles. The molecule has 0 aromatic heterocycles. The summed E-state index contributed by atoms with van der Waals surface area (Å²) in [5, 5.41) is 3.24. The summed E-state index contributed by atoms with van der Waals surface area (Å²) < 4.78 is 9.95. The lowest BCUT2D eigenvalue weighted by Gasteiger charge is -2.30. The number of carbonyl (C=O) groups is 2. The van der Waals surface area contributed by atoms with Crippen LogP contribution in [0.15, 0.2) is 30.3 Å². The number of benzene rings is 1. The van der Waals surface area contributed by atoms with Crippen molar-refractivity contribution >= 4 is 12.1 Å². The summed E-state index contributed by atoms with van der Waals surface area (Å²) in [6.07, 6.45) is -0.516. The van der Waals surface area contributed by atoms with Gasteiger partial charge in [-0.25, -0.2) is 19.6 Å². The van der Waals surface area contributed by atoms with Crippen molar-refractivity contribution in [1.82, 2.24) is 10.0 Å². The van der Waals surface area contributed by atoms with E-state index in [0.717, 1.165) is 5.56 Å². The fraction of sp³-hybridized carbons (Fsp3) is 0.500. The maximum Gasteiger partial charge on any atom is 0.425 e. The smallest absolute Gasteiger partial charge is 0.425 e. The molecule has 0 unspecified atom stereocenters. The quantitative estimate of drug-likeness (QED) is 0.797. The molecular formula is C16H22N2O4. The minimum Gasteiger partial charge on any atom is -0.467 e. The lowest BCUT2D eigenvalue weighted by Crippen LogP contribution is -2.49. The minimum absolute atomic E-state index is 0.0273. The van der Waals surface area contributed by atoms with Crippen LogP contribution in [0.2, 0.25) is 0 Å². The van der Waals surface area contributed by atoms with E-state index < -0.39 is 18.1 Å². The number of rotatable bonds is 4. The summed E-state index contributed by atoms with van der Waals surface area (Å²) in [4.78, 5) is 24.3. The molecule has 0 N–H and O–H groups in total. The molecule has 1 aromatic carbocycles. The molecule has 0 spiro atoms. The molecule has 2 rings (SSSR count). The van der Waals surface area contributed by atoms with Crippen molar-refractivity contribution in [3.63, 3.8) is 0 Å². The zero-order valence-corrected chi connectivity index (χ0v) is 13.2. The van der Waals surface area contributed by atoms with Gasteiger partial charge in [-0.15, -0.1) is 0 Å². The van der Waals surface area contributed by atoms with Crippen LogP contribution in [-0.4, -0.2) is 48.4 Å². The number of esters is 1. The molecule has 0 bridgehead atoms. The summed E-state index contributed by atoms with van der Waals surface area (Å²) in [6, 6.07) is 9.16. The Labute approximate surface area is 130 Å². The molecule has 1 heterocycles.